The molecule has 1 heterocycles. The Bertz CT molecular complexity index is 1170. The molecule has 1 aromatic heterocycles. The van der Waals surface area contributed by atoms with E-state index in [4.69, 9.17) is 11.6 Å². The lowest BCUT2D eigenvalue weighted by atomic mass is 10.2. The Morgan fingerprint density at radius 1 is 1.07 bits per heavy atom. The third-order valence-electron chi connectivity index (χ3n) is 4.41. The third kappa shape index (κ3) is 4.48. The number of benzene rings is 2. The van der Waals surface area contributed by atoms with Crippen molar-refractivity contribution >= 4 is 38.9 Å². The van der Waals surface area contributed by atoms with Gasteiger partial charge >= 0.3 is 0 Å². The smallest absolute Gasteiger partial charge is 0.258 e. The van der Waals surface area contributed by atoms with Crippen LogP contribution in [0.5, 0.6) is 0 Å². The quantitative estimate of drug-likeness (QED) is 0.627. The average Bonchev–Trinajstić information content (AvgIpc) is 3.18. The molecule has 158 valence electrons. The van der Waals surface area contributed by atoms with E-state index in [9.17, 15) is 13.2 Å². The van der Waals surface area contributed by atoms with Crippen molar-refractivity contribution in [3.63, 3.8) is 0 Å². The minimum absolute atomic E-state index is 0.0882. The van der Waals surface area contributed by atoms with Crippen LogP contribution in [0.2, 0.25) is 5.02 Å². The summed E-state index contributed by atoms with van der Waals surface area (Å²) in [5.41, 5.74) is 2.14. The lowest BCUT2D eigenvalue weighted by Gasteiger charge is -2.20. The van der Waals surface area contributed by atoms with E-state index in [-0.39, 0.29) is 4.90 Å². The SMILES string of the molecule is CN(C)c1ccc(S(=O)(=O)N(C)C)cc1NC(=O)c1cnn(-c2ccc(Cl)cc2)c1. The van der Waals surface area contributed by atoms with E-state index in [1.54, 1.807) is 46.1 Å². The van der Waals surface area contributed by atoms with Gasteiger partial charge in [0.05, 0.1) is 33.7 Å². The molecule has 2 aromatic carbocycles. The Hall–Kier alpha value is -2.88. The van der Waals surface area contributed by atoms with Gasteiger partial charge in [0.1, 0.15) is 0 Å². The molecule has 0 radical (unpaired) electrons. The van der Waals surface area contributed by atoms with Gasteiger partial charge in [-0.3, -0.25) is 4.79 Å². The summed E-state index contributed by atoms with van der Waals surface area (Å²) in [4.78, 5) is 14.7. The fourth-order valence-electron chi connectivity index (χ4n) is 2.75. The van der Waals surface area contributed by atoms with Crippen LogP contribution < -0.4 is 10.2 Å². The zero-order valence-corrected chi connectivity index (χ0v) is 18.6. The zero-order chi connectivity index (χ0) is 22.1. The van der Waals surface area contributed by atoms with Gasteiger partial charge in [-0.1, -0.05) is 11.6 Å². The molecule has 10 heteroatoms. The number of halogens is 1. The lowest BCUT2D eigenvalue weighted by Crippen LogP contribution is -2.23. The largest absolute Gasteiger partial charge is 0.376 e. The molecule has 3 rings (SSSR count). The van der Waals surface area contributed by atoms with E-state index in [0.29, 0.717) is 22.0 Å². The Labute approximate surface area is 180 Å². The fraction of sp³-hybridized carbons (Fsp3) is 0.200. The van der Waals surface area contributed by atoms with Crippen LogP contribution in [-0.2, 0) is 10.0 Å². The molecule has 1 N–H and O–H groups in total. The minimum atomic E-state index is -3.64. The maximum atomic E-state index is 12.8. The van der Waals surface area contributed by atoms with Gasteiger partial charge in [-0.2, -0.15) is 5.10 Å². The highest BCUT2D eigenvalue weighted by Crippen LogP contribution is 2.29. The molecule has 8 nitrogen and oxygen atoms in total. The topological polar surface area (TPSA) is 87.5 Å². The number of aromatic nitrogens is 2. The predicted molar refractivity (Wildman–Crippen MR) is 118 cm³/mol. The molecule has 1 amide bonds. The van der Waals surface area contributed by atoms with E-state index in [1.165, 1.54) is 32.4 Å². The molecule has 0 atom stereocenters. The van der Waals surface area contributed by atoms with E-state index in [2.05, 4.69) is 10.4 Å². The molecule has 30 heavy (non-hydrogen) atoms. The second-order valence-electron chi connectivity index (χ2n) is 6.96. The molecule has 0 aliphatic carbocycles. The number of sulfonamides is 1. The average molecular weight is 448 g/mol. The first-order valence-corrected chi connectivity index (χ1v) is 10.8. The van der Waals surface area contributed by atoms with Crippen LogP contribution in [-0.4, -0.2) is 56.6 Å². The summed E-state index contributed by atoms with van der Waals surface area (Å²) < 4.78 is 27.6. The normalized spacial score (nSPS) is 11.5. The van der Waals surface area contributed by atoms with E-state index < -0.39 is 15.9 Å². The van der Waals surface area contributed by atoms with Crippen LogP contribution >= 0.6 is 11.6 Å². The van der Waals surface area contributed by atoms with E-state index in [0.717, 1.165) is 9.99 Å². The van der Waals surface area contributed by atoms with Gasteiger partial charge in [-0.05, 0) is 42.5 Å². The molecule has 0 fully saturated rings. The number of carbonyl (C=O) groups excluding carboxylic acids is 1. The molecule has 0 saturated heterocycles. The van der Waals surface area contributed by atoms with Crippen LogP contribution in [0.1, 0.15) is 10.4 Å². The van der Waals surface area contributed by atoms with Crippen LogP contribution in [0.4, 0.5) is 11.4 Å². The molecule has 0 bridgehead atoms. The number of amides is 1. The summed E-state index contributed by atoms with van der Waals surface area (Å²) in [5.74, 6) is -0.405. The first kappa shape index (κ1) is 21.8. The number of rotatable bonds is 6. The third-order valence-corrected chi connectivity index (χ3v) is 6.48. The molecule has 0 spiro atoms. The van der Waals surface area contributed by atoms with Crippen LogP contribution in [0.3, 0.4) is 0 Å². The lowest BCUT2D eigenvalue weighted by molar-refractivity contribution is 0.102. The van der Waals surface area contributed by atoms with E-state index in [1.807, 2.05) is 14.1 Å². The van der Waals surface area contributed by atoms with Crippen LogP contribution in [0.25, 0.3) is 5.69 Å². The maximum Gasteiger partial charge on any atom is 0.258 e. The molecule has 0 aliphatic rings. The summed E-state index contributed by atoms with van der Waals surface area (Å²) in [6, 6.07) is 11.7. The van der Waals surface area contributed by atoms with Crippen molar-refractivity contribution in [1.82, 2.24) is 14.1 Å². The van der Waals surface area contributed by atoms with Gasteiger partial charge in [-0.15, -0.1) is 0 Å². The number of hydrogen-bond acceptors (Lipinski definition) is 5. The molecule has 0 aliphatic heterocycles. The van der Waals surface area contributed by atoms with Crippen molar-refractivity contribution in [2.24, 2.45) is 0 Å². The zero-order valence-electron chi connectivity index (χ0n) is 17.0. The van der Waals surface area contributed by atoms with Crippen LogP contribution in [0.15, 0.2) is 59.8 Å². The van der Waals surface area contributed by atoms with Gasteiger partial charge in [0.15, 0.2) is 0 Å². The summed E-state index contributed by atoms with van der Waals surface area (Å²) in [7, 11) is 2.89. The molecule has 3 aromatic rings. The monoisotopic (exact) mass is 447 g/mol. The first-order chi connectivity index (χ1) is 14.1. The van der Waals surface area contributed by atoms with Crippen molar-refractivity contribution in [1.29, 1.82) is 0 Å². The second kappa shape index (κ2) is 8.47. The van der Waals surface area contributed by atoms with Gasteiger partial charge < -0.3 is 10.2 Å². The first-order valence-electron chi connectivity index (χ1n) is 8.95. The molecular formula is C20H22ClN5O3S. The molecule has 0 saturated carbocycles. The van der Waals surface area contributed by atoms with Crippen molar-refractivity contribution in [2.45, 2.75) is 4.90 Å². The van der Waals surface area contributed by atoms with Crippen molar-refractivity contribution < 1.29 is 13.2 Å². The summed E-state index contributed by atoms with van der Waals surface area (Å²) in [5, 5.41) is 7.62. The summed E-state index contributed by atoms with van der Waals surface area (Å²) in [6.07, 6.45) is 3.04. The van der Waals surface area contributed by atoms with E-state index >= 15 is 0 Å². The highest BCUT2D eigenvalue weighted by molar-refractivity contribution is 7.89. The number of carbonyl (C=O) groups is 1. The number of anilines is 2. The number of nitrogens with one attached hydrogen (secondary N) is 1. The second-order valence-corrected chi connectivity index (χ2v) is 9.55. The maximum absolute atomic E-state index is 12.8. The highest BCUT2D eigenvalue weighted by Gasteiger charge is 2.20. The Morgan fingerprint density at radius 3 is 2.33 bits per heavy atom. The summed E-state index contributed by atoms with van der Waals surface area (Å²) in [6.45, 7) is 0. The van der Waals surface area contributed by atoms with Crippen molar-refractivity contribution in [3.8, 4) is 5.69 Å². The standard InChI is InChI=1S/C20H22ClN5O3S/c1-24(2)19-10-9-17(30(28,29)25(3)4)11-18(19)23-20(27)14-12-22-26(13-14)16-7-5-15(21)6-8-16/h5-13H,1-4H3,(H,23,27). The summed E-state index contributed by atoms with van der Waals surface area (Å²) >= 11 is 5.91. The predicted octanol–water partition coefficient (Wildman–Crippen LogP) is 3.09. The Morgan fingerprint density at radius 2 is 1.73 bits per heavy atom. The Balaban J connectivity index is 1.91. The molecular weight excluding hydrogens is 426 g/mol. The fourth-order valence-corrected chi connectivity index (χ4v) is 3.80. The number of nitrogens with zero attached hydrogens (tertiary/aromatic N) is 4. The Kier molecular flexibility index (Phi) is 6.16. The van der Waals surface area contributed by atoms with Crippen LogP contribution in [0, 0.1) is 0 Å². The molecule has 0 unspecified atom stereocenters. The van der Waals surface area contributed by atoms with Crippen molar-refractivity contribution in [3.05, 3.63) is 65.4 Å². The van der Waals surface area contributed by atoms with Crippen molar-refractivity contribution in [2.75, 3.05) is 38.4 Å². The van der Waals surface area contributed by atoms with Gasteiger partial charge in [-0.25, -0.2) is 17.4 Å². The highest BCUT2D eigenvalue weighted by atomic mass is 35.5. The van der Waals surface area contributed by atoms with Gasteiger partial charge in [0.2, 0.25) is 10.0 Å². The van der Waals surface area contributed by atoms with Gasteiger partial charge in [0, 0.05) is 39.4 Å². The van der Waals surface area contributed by atoms with Gasteiger partial charge in [0.25, 0.3) is 5.91 Å². The minimum Gasteiger partial charge on any atom is -0.376 e. The number of hydrogen-bond donors (Lipinski definition) is 1.